The summed E-state index contributed by atoms with van der Waals surface area (Å²) in [5.74, 6) is -1.19. The molecule has 0 bridgehead atoms. The molecule has 1 aliphatic carbocycles. The molecule has 2 aromatic rings. The fourth-order valence-electron chi connectivity index (χ4n) is 4.17. The van der Waals surface area contributed by atoms with Crippen LogP contribution in [0.15, 0.2) is 41.3 Å². The number of halogens is 1. The van der Waals surface area contributed by atoms with Crippen LogP contribution in [-0.4, -0.2) is 47.8 Å². The fraction of sp³-hybridized carbons (Fsp3) is 0.381. The van der Waals surface area contributed by atoms with Gasteiger partial charge in [-0.2, -0.15) is 0 Å². The zero-order chi connectivity index (χ0) is 23.6. The highest BCUT2D eigenvalue weighted by molar-refractivity contribution is 7.92. The molecule has 2 heterocycles. The summed E-state index contributed by atoms with van der Waals surface area (Å²) in [6.07, 6.45) is 3.32. The van der Waals surface area contributed by atoms with Crippen molar-refractivity contribution in [2.24, 2.45) is 11.8 Å². The van der Waals surface area contributed by atoms with Gasteiger partial charge in [0.05, 0.1) is 16.7 Å². The summed E-state index contributed by atoms with van der Waals surface area (Å²) in [5, 5.41) is 10.0. The second-order valence-corrected chi connectivity index (χ2v) is 10.1. The minimum absolute atomic E-state index is 0.0163. The van der Waals surface area contributed by atoms with Gasteiger partial charge in [-0.1, -0.05) is 24.4 Å². The van der Waals surface area contributed by atoms with E-state index in [2.05, 4.69) is 20.2 Å². The van der Waals surface area contributed by atoms with Gasteiger partial charge in [0.1, 0.15) is 0 Å². The molecule has 2 unspecified atom stereocenters. The van der Waals surface area contributed by atoms with Crippen molar-refractivity contribution in [1.29, 1.82) is 0 Å². The molecule has 33 heavy (non-hydrogen) atoms. The predicted molar refractivity (Wildman–Crippen MR) is 120 cm³/mol. The van der Waals surface area contributed by atoms with E-state index in [1.807, 2.05) is 0 Å². The number of rotatable bonds is 7. The van der Waals surface area contributed by atoms with E-state index in [0.717, 1.165) is 25.7 Å². The molecule has 1 aromatic heterocycles. The molecule has 2 aliphatic rings. The molecule has 174 valence electrons. The Kier molecular flexibility index (Phi) is 6.61. The normalized spacial score (nSPS) is 20.5. The first-order valence-electron chi connectivity index (χ1n) is 10.5. The van der Waals surface area contributed by atoms with Gasteiger partial charge in [0.15, 0.2) is 11.0 Å². The van der Waals surface area contributed by atoms with Gasteiger partial charge >= 0.3 is 0 Å². The molecular weight excluding hydrogens is 470 g/mol. The molecule has 0 radical (unpaired) electrons. The van der Waals surface area contributed by atoms with Gasteiger partial charge < -0.3 is 5.32 Å². The number of benzene rings is 1. The number of nitrogens with zero attached hydrogens (tertiary/aromatic N) is 3. The number of sulfonamides is 1. The maximum atomic E-state index is 12.5. The summed E-state index contributed by atoms with van der Waals surface area (Å²) < 4.78 is 27.2. The number of hydrogen-bond donors (Lipinski definition) is 2. The number of likely N-dealkylation sites (tertiary alicyclic amines) is 1. The van der Waals surface area contributed by atoms with Crippen molar-refractivity contribution >= 4 is 50.9 Å². The number of hydrogen-bond acceptors (Lipinski definition) is 7. The molecule has 1 saturated heterocycles. The molecule has 1 aliphatic heterocycles. The summed E-state index contributed by atoms with van der Waals surface area (Å²) in [7, 11) is -3.91. The summed E-state index contributed by atoms with van der Waals surface area (Å²) in [6, 6.07) is 8.34. The van der Waals surface area contributed by atoms with Crippen LogP contribution in [0.4, 0.5) is 11.5 Å². The Hall–Kier alpha value is -3.05. The largest absolute Gasteiger partial charge is 0.326 e. The standard InChI is InChI=1S/C21H22ClN5O5S/c22-17-9-10-18(25-24-17)26-33(31,32)14-7-5-13(6-8-14)23-19(28)11-12-27-20(29)15-3-1-2-4-16(15)21(27)30/h5-10,15-16H,1-4,11-12H2,(H,23,28)(H,25,26). The van der Waals surface area contributed by atoms with Gasteiger partial charge in [0, 0.05) is 18.7 Å². The molecule has 4 rings (SSSR count). The number of carbonyl (C=O) groups excluding carboxylic acids is 3. The van der Waals surface area contributed by atoms with Crippen molar-refractivity contribution in [3.05, 3.63) is 41.6 Å². The second-order valence-electron chi connectivity index (χ2n) is 7.99. The molecule has 2 N–H and O–H groups in total. The third-order valence-electron chi connectivity index (χ3n) is 5.81. The Bertz CT molecular complexity index is 1150. The van der Waals surface area contributed by atoms with Crippen molar-refractivity contribution in [1.82, 2.24) is 15.1 Å². The van der Waals surface area contributed by atoms with Crippen molar-refractivity contribution < 1.29 is 22.8 Å². The average molecular weight is 492 g/mol. The zero-order valence-corrected chi connectivity index (χ0v) is 19.1. The summed E-state index contributed by atoms with van der Waals surface area (Å²) in [5.41, 5.74) is 0.387. The Morgan fingerprint density at radius 3 is 2.21 bits per heavy atom. The lowest BCUT2D eigenvalue weighted by atomic mass is 9.81. The highest BCUT2D eigenvalue weighted by Crippen LogP contribution is 2.38. The predicted octanol–water partition coefficient (Wildman–Crippen LogP) is 2.43. The lowest BCUT2D eigenvalue weighted by Crippen LogP contribution is -2.34. The molecule has 3 amide bonds. The quantitative estimate of drug-likeness (QED) is 0.567. The minimum atomic E-state index is -3.91. The SMILES string of the molecule is O=C(CCN1C(=O)C2CCCCC2C1=O)Nc1ccc(S(=O)(=O)Nc2ccc(Cl)nn2)cc1. The average Bonchev–Trinajstić information content (AvgIpc) is 3.04. The molecule has 10 nitrogen and oxygen atoms in total. The van der Waals surface area contributed by atoms with E-state index in [4.69, 9.17) is 11.6 Å². The number of aromatic nitrogens is 2. The van der Waals surface area contributed by atoms with Crippen LogP contribution in [0.5, 0.6) is 0 Å². The van der Waals surface area contributed by atoms with Crippen molar-refractivity contribution in [2.75, 3.05) is 16.6 Å². The van der Waals surface area contributed by atoms with Crippen molar-refractivity contribution in [3.8, 4) is 0 Å². The molecule has 2 atom stereocenters. The molecular formula is C21H22ClN5O5S. The van der Waals surface area contributed by atoms with Gasteiger partial charge in [-0.3, -0.25) is 24.0 Å². The van der Waals surface area contributed by atoms with Crippen LogP contribution < -0.4 is 10.0 Å². The molecule has 0 spiro atoms. The van der Waals surface area contributed by atoms with Crippen LogP contribution in [0.25, 0.3) is 0 Å². The first-order valence-corrected chi connectivity index (χ1v) is 12.4. The van der Waals surface area contributed by atoms with Gasteiger partial charge in [-0.05, 0) is 49.2 Å². The Morgan fingerprint density at radius 2 is 1.64 bits per heavy atom. The third kappa shape index (κ3) is 5.14. The smallest absolute Gasteiger partial charge is 0.263 e. The first-order chi connectivity index (χ1) is 15.7. The van der Waals surface area contributed by atoms with E-state index in [1.165, 1.54) is 41.3 Å². The topological polar surface area (TPSA) is 138 Å². The van der Waals surface area contributed by atoms with Gasteiger partial charge in [0.2, 0.25) is 17.7 Å². The van der Waals surface area contributed by atoms with Gasteiger partial charge in [-0.15, -0.1) is 10.2 Å². The van der Waals surface area contributed by atoms with E-state index >= 15 is 0 Å². The lowest BCUT2D eigenvalue weighted by molar-refractivity contribution is -0.140. The Balaban J connectivity index is 1.32. The van der Waals surface area contributed by atoms with Crippen LogP contribution in [0.3, 0.4) is 0 Å². The maximum Gasteiger partial charge on any atom is 0.263 e. The second kappa shape index (κ2) is 9.44. The maximum absolute atomic E-state index is 12.5. The molecule has 1 aromatic carbocycles. The number of amides is 3. The number of imide groups is 1. The van der Waals surface area contributed by atoms with E-state index in [-0.39, 0.29) is 58.4 Å². The first kappa shape index (κ1) is 23.1. The van der Waals surface area contributed by atoms with Crippen molar-refractivity contribution in [2.45, 2.75) is 37.0 Å². The van der Waals surface area contributed by atoms with Gasteiger partial charge in [0.25, 0.3) is 10.0 Å². The van der Waals surface area contributed by atoms with Crippen LogP contribution in [0, 0.1) is 11.8 Å². The summed E-state index contributed by atoms with van der Waals surface area (Å²) in [6.45, 7) is 0.0367. The summed E-state index contributed by atoms with van der Waals surface area (Å²) in [4.78, 5) is 38.5. The number of carbonyl (C=O) groups is 3. The number of anilines is 2. The Morgan fingerprint density at radius 1 is 1.00 bits per heavy atom. The van der Waals surface area contributed by atoms with E-state index in [0.29, 0.717) is 5.69 Å². The van der Waals surface area contributed by atoms with Crippen LogP contribution >= 0.6 is 11.6 Å². The van der Waals surface area contributed by atoms with Gasteiger partial charge in [-0.25, -0.2) is 8.42 Å². The van der Waals surface area contributed by atoms with Crippen LogP contribution in [0.1, 0.15) is 32.1 Å². The van der Waals surface area contributed by atoms with E-state index in [9.17, 15) is 22.8 Å². The van der Waals surface area contributed by atoms with E-state index < -0.39 is 10.0 Å². The van der Waals surface area contributed by atoms with Crippen LogP contribution in [-0.2, 0) is 24.4 Å². The van der Waals surface area contributed by atoms with E-state index in [1.54, 1.807) is 0 Å². The highest BCUT2D eigenvalue weighted by Gasteiger charge is 2.47. The monoisotopic (exact) mass is 491 g/mol. The molecule has 2 fully saturated rings. The zero-order valence-electron chi connectivity index (χ0n) is 17.5. The molecule has 12 heteroatoms. The highest BCUT2D eigenvalue weighted by atomic mass is 35.5. The van der Waals surface area contributed by atoms with Crippen LogP contribution in [0.2, 0.25) is 5.15 Å². The molecule has 1 saturated carbocycles. The fourth-order valence-corrected chi connectivity index (χ4v) is 5.27. The number of nitrogens with one attached hydrogen (secondary N) is 2. The summed E-state index contributed by atoms with van der Waals surface area (Å²) >= 11 is 5.64. The lowest BCUT2D eigenvalue weighted by Gasteiger charge is -2.19. The van der Waals surface area contributed by atoms with Crippen molar-refractivity contribution in [3.63, 3.8) is 0 Å². The number of fused-ring (bicyclic) bond motifs is 1. The Labute approximate surface area is 195 Å². The third-order valence-corrected chi connectivity index (χ3v) is 7.39. The minimum Gasteiger partial charge on any atom is -0.326 e.